The maximum Gasteiger partial charge on any atom is 0.466 e. The summed E-state index contributed by atoms with van der Waals surface area (Å²) in [6.07, 6.45) is 5.79. The molecule has 0 saturated carbocycles. The Bertz CT molecular complexity index is 262. The van der Waals surface area contributed by atoms with Gasteiger partial charge in [-0.1, -0.05) is 39.7 Å². The maximum atomic E-state index is 10.6. The highest BCUT2D eigenvalue weighted by molar-refractivity contribution is 7.45. The molecule has 0 bridgehead atoms. The number of unbranched alkanes of at least 4 members (excludes halogenated alkanes) is 2. The van der Waals surface area contributed by atoms with Gasteiger partial charge < -0.3 is 19.4 Å². The Morgan fingerprint density at radius 3 is 2.17 bits per heavy atom. The standard InChI is InChI=1S/C11H20O2.H3O4P/c1-4-11(12)13-9-7-5-6-8-10(2)3;1-5(2,3)4/h4,10H,1,5-9H2,2-3H3;(H3,1,2,3,4). The molecule has 0 aliphatic carbocycles. The quantitative estimate of drug-likeness (QED) is 0.285. The number of carbonyl (C=O) groups excluding carboxylic acids is 1. The van der Waals surface area contributed by atoms with Gasteiger partial charge in [0.1, 0.15) is 0 Å². The predicted octanol–water partition coefficient (Wildman–Crippen LogP) is 2.00. The van der Waals surface area contributed by atoms with E-state index in [1.54, 1.807) is 0 Å². The average molecular weight is 282 g/mol. The topological polar surface area (TPSA) is 104 Å². The highest BCUT2D eigenvalue weighted by atomic mass is 31.2. The summed E-state index contributed by atoms with van der Waals surface area (Å²) in [6, 6.07) is 0. The van der Waals surface area contributed by atoms with Crippen molar-refractivity contribution in [2.75, 3.05) is 6.61 Å². The Morgan fingerprint density at radius 1 is 1.28 bits per heavy atom. The molecule has 0 aromatic heterocycles. The van der Waals surface area contributed by atoms with E-state index in [0.29, 0.717) is 6.61 Å². The van der Waals surface area contributed by atoms with E-state index in [0.717, 1.165) is 18.8 Å². The Hall–Kier alpha value is -0.680. The van der Waals surface area contributed by atoms with Crippen LogP contribution in [0.15, 0.2) is 12.7 Å². The third-order valence-electron chi connectivity index (χ3n) is 1.84. The van der Waals surface area contributed by atoms with Crippen LogP contribution in [-0.2, 0) is 14.1 Å². The van der Waals surface area contributed by atoms with Crippen LogP contribution in [0.1, 0.15) is 39.5 Å². The summed E-state index contributed by atoms with van der Waals surface area (Å²) in [4.78, 5) is 32.2. The van der Waals surface area contributed by atoms with Crippen LogP contribution in [-0.4, -0.2) is 27.3 Å². The zero-order valence-corrected chi connectivity index (χ0v) is 11.8. The molecule has 0 aliphatic heterocycles. The Labute approximate surface area is 108 Å². The fraction of sp³-hybridized carbons (Fsp3) is 0.727. The lowest BCUT2D eigenvalue weighted by Gasteiger charge is -2.04. The first kappa shape index (κ1) is 19.7. The first-order chi connectivity index (χ1) is 8.16. The zero-order chi connectivity index (χ0) is 14.6. The molecule has 6 nitrogen and oxygen atoms in total. The number of carbonyl (C=O) groups is 1. The Kier molecular flexibility index (Phi) is 12.5. The second kappa shape index (κ2) is 11.4. The molecule has 0 spiro atoms. The van der Waals surface area contributed by atoms with Gasteiger partial charge in [-0.25, -0.2) is 9.36 Å². The summed E-state index contributed by atoms with van der Waals surface area (Å²) in [5, 5.41) is 0. The van der Waals surface area contributed by atoms with Crippen LogP contribution in [0.25, 0.3) is 0 Å². The van der Waals surface area contributed by atoms with E-state index >= 15 is 0 Å². The molecule has 0 heterocycles. The van der Waals surface area contributed by atoms with Gasteiger partial charge in [0.25, 0.3) is 0 Å². The van der Waals surface area contributed by atoms with Crippen LogP contribution < -0.4 is 0 Å². The van der Waals surface area contributed by atoms with Crippen molar-refractivity contribution in [3.8, 4) is 0 Å². The molecule has 0 aromatic carbocycles. The predicted molar refractivity (Wildman–Crippen MR) is 68.7 cm³/mol. The van der Waals surface area contributed by atoms with Crippen LogP contribution >= 0.6 is 7.82 Å². The molecule has 18 heavy (non-hydrogen) atoms. The first-order valence-electron chi connectivity index (χ1n) is 5.74. The second-order valence-electron chi connectivity index (χ2n) is 4.13. The van der Waals surface area contributed by atoms with E-state index in [4.69, 9.17) is 24.0 Å². The lowest BCUT2D eigenvalue weighted by Crippen LogP contribution is -2.01. The van der Waals surface area contributed by atoms with Gasteiger partial charge in [0.2, 0.25) is 0 Å². The third kappa shape index (κ3) is 29.5. The summed E-state index contributed by atoms with van der Waals surface area (Å²) < 4.78 is 13.7. The van der Waals surface area contributed by atoms with Crippen molar-refractivity contribution in [3.63, 3.8) is 0 Å². The average Bonchev–Trinajstić information content (AvgIpc) is 2.20. The molecular weight excluding hydrogens is 259 g/mol. The largest absolute Gasteiger partial charge is 0.466 e. The summed E-state index contributed by atoms with van der Waals surface area (Å²) >= 11 is 0. The number of esters is 1. The molecule has 0 radical (unpaired) electrons. The van der Waals surface area contributed by atoms with Crippen molar-refractivity contribution >= 4 is 13.8 Å². The van der Waals surface area contributed by atoms with Crippen molar-refractivity contribution in [2.45, 2.75) is 39.5 Å². The van der Waals surface area contributed by atoms with E-state index in [1.165, 1.54) is 18.9 Å². The minimum Gasteiger partial charge on any atom is -0.463 e. The molecule has 0 amide bonds. The van der Waals surface area contributed by atoms with E-state index in [2.05, 4.69) is 20.4 Å². The first-order valence-corrected chi connectivity index (χ1v) is 7.30. The fourth-order valence-electron chi connectivity index (χ4n) is 1.06. The smallest absolute Gasteiger partial charge is 0.463 e. The Morgan fingerprint density at radius 2 is 1.78 bits per heavy atom. The normalized spacial score (nSPS) is 10.6. The fourth-order valence-corrected chi connectivity index (χ4v) is 1.06. The van der Waals surface area contributed by atoms with E-state index in [-0.39, 0.29) is 5.97 Å². The van der Waals surface area contributed by atoms with Gasteiger partial charge in [-0.05, 0) is 12.3 Å². The minimum atomic E-state index is -4.64. The van der Waals surface area contributed by atoms with Gasteiger partial charge in [-0.15, -0.1) is 0 Å². The van der Waals surface area contributed by atoms with E-state index in [9.17, 15) is 4.79 Å². The summed E-state index contributed by atoms with van der Waals surface area (Å²) in [5.41, 5.74) is 0. The molecule has 0 aromatic rings. The van der Waals surface area contributed by atoms with Crippen LogP contribution in [0.4, 0.5) is 0 Å². The summed E-state index contributed by atoms with van der Waals surface area (Å²) in [5.74, 6) is 0.458. The molecule has 7 heteroatoms. The number of phosphoric acid groups is 1. The number of hydrogen-bond acceptors (Lipinski definition) is 3. The van der Waals surface area contributed by atoms with Gasteiger partial charge in [-0.3, -0.25) is 0 Å². The van der Waals surface area contributed by atoms with Gasteiger partial charge in [-0.2, -0.15) is 0 Å². The van der Waals surface area contributed by atoms with Gasteiger partial charge >= 0.3 is 13.8 Å². The summed E-state index contributed by atoms with van der Waals surface area (Å²) in [6.45, 7) is 8.29. The van der Waals surface area contributed by atoms with Crippen molar-refractivity contribution < 1.29 is 28.8 Å². The summed E-state index contributed by atoms with van der Waals surface area (Å²) in [7, 11) is -4.64. The van der Waals surface area contributed by atoms with Crippen LogP contribution in [0.5, 0.6) is 0 Å². The molecule has 0 saturated heterocycles. The van der Waals surface area contributed by atoms with Crippen molar-refractivity contribution in [1.29, 1.82) is 0 Å². The van der Waals surface area contributed by atoms with Crippen molar-refractivity contribution in [2.24, 2.45) is 5.92 Å². The van der Waals surface area contributed by atoms with Gasteiger partial charge in [0.15, 0.2) is 0 Å². The molecule has 0 fully saturated rings. The third-order valence-corrected chi connectivity index (χ3v) is 1.84. The van der Waals surface area contributed by atoms with Crippen molar-refractivity contribution in [3.05, 3.63) is 12.7 Å². The van der Waals surface area contributed by atoms with E-state index < -0.39 is 7.82 Å². The lowest BCUT2D eigenvalue weighted by molar-refractivity contribution is -0.137. The maximum absolute atomic E-state index is 10.6. The lowest BCUT2D eigenvalue weighted by atomic mass is 10.1. The van der Waals surface area contributed by atoms with Crippen molar-refractivity contribution in [1.82, 2.24) is 0 Å². The molecule has 0 rings (SSSR count). The molecule has 108 valence electrons. The van der Waals surface area contributed by atoms with E-state index in [1.807, 2.05) is 0 Å². The highest BCUT2D eigenvalue weighted by Crippen LogP contribution is 2.25. The van der Waals surface area contributed by atoms with Crippen LogP contribution in [0.3, 0.4) is 0 Å². The number of hydrogen-bond donors (Lipinski definition) is 3. The highest BCUT2D eigenvalue weighted by Gasteiger charge is 2.00. The molecule has 0 atom stereocenters. The molecule has 0 unspecified atom stereocenters. The molecule has 0 aliphatic rings. The van der Waals surface area contributed by atoms with Crippen LogP contribution in [0.2, 0.25) is 0 Å². The zero-order valence-electron chi connectivity index (χ0n) is 10.9. The second-order valence-corrected chi connectivity index (χ2v) is 5.15. The molecule has 3 N–H and O–H groups in total. The number of ether oxygens (including phenoxy) is 1. The van der Waals surface area contributed by atoms with Gasteiger partial charge in [0, 0.05) is 6.08 Å². The van der Waals surface area contributed by atoms with Crippen LogP contribution in [0, 0.1) is 5.92 Å². The number of rotatable bonds is 7. The monoisotopic (exact) mass is 282 g/mol. The molecular formula is C11H23O6P. The minimum absolute atomic E-state index is 0.316. The van der Waals surface area contributed by atoms with Gasteiger partial charge in [0.05, 0.1) is 6.61 Å². The SMILES string of the molecule is C=CC(=O)OCCCCCC(C)C.O=P(O)(O)O. The Balaban J connectivity index is 0.